The Morgan fingerprint density at radius 2 is 1.90 bits per heavy atom. The highest BCUT2D eigenvalue weighted by molar-refractivity contribution is 5.18. The van der Waals surface area contributed by atoms with Crippen molar-refractivity contribution in [2.24, 2.45) is 0 Å². The van der Waals surface area contributed by atoms with Crippen LogP contribution in [0, 0.1) is 0 Å². The van der Waals surface area contributed by atoms with Gasteiger partial charge in [-0.15, -0.1) is 0 Å². The fourth-order valence-corrected chi connectivity index (χ4v) is 2.79. The highest BCUT2D eigenvalue weighted by Crippen LogP contribution is 2.18. The largest absolute Gasteiger partial charge is 0.367 e. The first-order valence-corrected chi connectivity index (χ1v) is 7.46. The van der Waals surface area contributed by atoms with Crippen LogP contribution >= 0.6 is 0 Å². The molecular weight excluding hydrogens is 244 g/mol. The molecule has 1 N–H and O–H groups in total. The fourth-order valence-electron chi connectivity index (χ4n) is 2.79. The number of H-pyrrole nitrogens is 1. The van der Waals surface area contributed by atoms with Crippen LogP contribution in [0.3, 0.4) is 0 Å². The second-order valence-corrected chi connectivity index (χ2v) is 5.55. The summed E-state index contributed by atoms with van der Waals surface area (Å²) in [7, 11) is 0. The molecule has 104 valence electrons. The first-order chi connectivity index (χ1) is 9.90. The van der Waals surface area contributed by atoms with Crippen LogP contribution in [-0.4, -0.2) is 23.0 Å². The molecule has 0 fully saturated rings. The molecule has 20 heavy (non-hydrogen) atoms. The third-order valence-electron chi connectivity index (χ3n) is 4.03. The van der Waals surface area contributed by atoms with E-state index in [-0.39, 0.29) is 0 Å². The topological polar surface area (TPSA) is 19.0 Å². The monoisotopic (exact) mass is 266 g/mol. The maximum absolute atomic E-state index is 3.12. The summed E-state index contributed by atoms with van der Waals surface area (Å²) in [5, 5.41) is 0. The van der Waals surface area contributed by atoms with Crippen LogP contribution in [0.2, 0.25) is 0 Å². The van der Waals surface area contributed by atoms with Gasteiger partial charge in [-0.05, 0) is 36.5 Å². The Labute approximate surface area is 121 Å². The molecule has 0 spiro atoms. The smallest absolute Gasteiger partial charge is 0.0252 e. The van der Waals surface area contributed by atoms with E-state index >= 15 is 0 Å². The highest BCUT2D eigenvalue weighted by Gasteiger charge is 2.12. The third kappa shape index (κ3) is 3.61. The molecule has 2 heteroatoms. The van der Waals surface area contributed by atoms with Crippen LogP contribution in [0.4, 0.5) is 0 Å². The first-order valence-electron chi connectivity index (χ1n) is 7.46. The van der Waals surface area contributed by atoms with Gasteiger partial charge in [-0.25, -0.2) is 0 Å². The Kier molecular flexibility index (Phi) is 4.34. The average molecular weight is 266 g/mol. The van der Waals surface area contributed by atoms with Crippen LogP contribution in [0.1, 0.15) is 24.0 Å². The number of benzene rings is 1. The van der Waals surface area contributed by atoms with Crippen molar-refractivity contribution in [2.45, 2.75) is 25.8 Å². The molecule has 0 atom stereocenters. The van der Waals surface area contributed by atoms with Crippen molar-refractivity contribution < 1.29 is 0 Å². The molecule has 0 aliphatic carbocycles. The summed E-state index contributed by atoms with van der Waals surface area (Å²) in [4.78, 5) is 5.63. The SMILES string of the molecule is C1=C(CCc2ccccc2)CCN(Cc2cc[nH]c2)C1. The lowest BCUT2D eigenvalue weighted by molar-refractivity contribution is 0.284. The minimum absolute atomic E-state index is 1.06. The van der Waals surface area contributed by atoms with Gasteiger partial charge in [-0.2, -0.15) is 0 Å². The van der Waals surface area contributed by atoms with Gasteiger partial charge in [0.15, 0.2) is 0 Å². The fraction of sp³-hybridized carbons (Fsp3) is 0.333. The summed E-state index contributed by atoms with van der Waals surface area (Å²) in [5.41, 5.74) is 4.45. The number of hydrogen-bond acceptors (Lipinski definition) is 1. The second-order valence-electron chi connectivity index (χ2n) is 5.55. The first kappa shape index (κ1) is 13.2. The molecule has 1 aromatic carbocycles. The molecule has 0 amide bonds. The van der Waals surface area contributed by atoms with Crippen LogP contribution in [0.15, 0.2) is 60.4 Å². The Morgan fingerprint density at radius 3 is 2.60 bits per heavy atom. The van der Waals surface area contributed by atoms with Gasteiger partial charge in [-0.3, -0.25) is 4.90 Å². The van der Waals surface area contributed by atoms with Crippen LogP contribution in [0.25, 0.3) is 0 Å². The number of aromatic nitrogens is 1. The molecule has 3 rings (SSSR count). The van der Waals surface area contributed by atoms with E-state index in [1.807, 2.05) is 6.20 Å². The van der Waals surface area contributed by atoms with Crippen LogP contribution in [-0.2, 0) is 13.0 Å². The summed E-state index contributed by atoms with van der Waals surface area (Å²) in [6.07, 6.45) is 10.1. The van der Waals surface area contributed by atoms with E-state index in [9.17, 15) is 0 Å². The van der Waals surface area contributed by atoms with Gasteiger partial charge in [0.25, 0.3) is 0 Å². The Balaban J connectivity index is 1.47. The minimum Gasteiger partial charge on any atom is -0.367 e. The number of nitrogens with zero attached hydrogens (tertiary/aromatic N) is 1. The van der Waals surface area contributed by atoms with Gasteiger partial charge < -0.3 is 4.98 Å². The molecule has 2 nitrogen and oxygen atoms in total. The molecular formula is C18H22N2. The summed E-state index contributed by atoms with van der Waals surface area (Å²) in [6.45, 7) is 3.34. The molecule has 0 radical (unpaired) electrons. The van der Waals surface area contributed by atoms with Gasteiger partial charge in [0, 0.05) is 32.0 Å². The van der Waals surface area contributed by atoms with E-state index in [1.54, 1.807) is 5.57 Å². The van der Waals surface area contributed by atoms with Gasteiger partial charge in [0.05, 0.1) is 0 Å². The van der Waals surface area contributed by atoms with E-state index < -0.39 is 0 Å². The molecule has 1 aliphatic heterocycles. The van der Waals surface area contributed by atoms with Gasteiger partial charge in [0.2, 0.25) is 0 Å². The molecule has 2 aromatic rings. The quantitative estimate of drug-likeness (QED) is 0.816. The van der Waals surface area contributed by atoms with Crippen LogP contribution < -0.4 is 0 Å². The maximum atomic E-state index is 3.12. The number of aryl methyl sites for hydroxylation is 1. The lowest BCUT2D eigenvalue weighted by Gasteiger charge is -2.26. The predicted molar refractivity (Wildman–Crippen MR) is 83.5 cm³/mol. The molecule has 2 heterocycles. The van der Waals surface area contributed by atoms with Gasteiger partial charge in [0.1, 0.15) is 0 Å². The Hall–Kier alpha value is -1.80. The van der Waals surface area contributed by atoms with Crippen molar-refractivity contribution in [3.63, 3.8) is 0 Å². The van der Waals surface area contributed by atoms with E-state index in [2.05, 4.69) is 58.6 Å². The molecule has 0 unspecified atom stereocenters. The summed E-state index contributed by atoms with van der Waals surface area (Å²) >= 11 is 0. The Morgan fingerprint density at radius 1 is 1.00 bits per heavy atom. The van der Waals surface area contributed by atoms with Crippen molar-refractivity contribution in [3.8, 4) is 0 Å². The predicted octanol–water partition coefficient (Wildman–Crippen LogP) is 3.78. The molecule has 1 aliphatic rings. The summed E-state index contributed by atoms with van der Waals surface area (Å²) in [6, 6.07) is 13.0. The molecule has 0 saturated heterocycles. The lowest BCUT2D eigenvalue weighted by atomic mass is 9.99. The zero-order valence-electron chi connectivity index (χ0n) is 11.9. The highest BCUT2D eigenvalue weighted by atomic mass is 15.1. The van der Waals surface area contributed by atoms with Crippen molar-refractivity contribution in [1.29, 1.82) is 0 Å². The maximum Gasteiger partial charge on any atom is 0.0252 e. The molecule has 0 saturated carbocycles. The average Bonchev–Trinajstić information content (AvgIpc) is 3.01. The molecule has 0 bridgehead atoms. The zero-order valence-corrected chi connectivity index (χ0v) is 11.9. The second kappa shape index (κ2) is 6.58. The van der Waals surface area contributed by atoms with Crippen molar-refractivity contribution >= 4 is 0 Å². The van der Waals surface area contributed by atoms with E-state index in [4.69, 9.17) is 0 Å². The van der Waals surface area contributed by atoms with E-state index in [1.165, 1.54) is 36.9 Å². The van der Waals surface area contributed by atoms with Gasteiger partial charge in [-0.1, -0.05) is 42.0 Å². The third-order valence-corrected chi connectivity index (χ3v) is 4.03. The van der Waals surface area contributed by atoms with Gasteiger partial charge >= 0.3 is 0 Å². The summed E-state index contributed by atoms with van der Waals surface area (Å²) < 4.78 is 0. The van der Waals surface area contributed by atoms with E-state index in [0.717, 1.165) is 13.1 Å². The van der Waals surface area contributed by atoms with E-state index in [0.29, 0.717) is 0 Å². The number of rotatable bonds is 5. The zero-order chi connectivity index (χ0) is 13.6. The molecule has 1 aromatic heterocycles. The van der Waals surface area contributed by atoms with Crippen molar-refractivity contribution in [2.75, 3.05) is 13.1 Å². The lowest BCUT2D eigenvalue weighted by Crippen LogP contribution is -2.28. The van der Waals surface area contributed by atoms with Crippen molar-refractivity contribution in [1.82, 2.24) is 9.88 Å². The number of aromatic amines is 1. The Bertz CT molecular complexity index is 540. The minimum atomic E-state index is 1.06. The van der Waals surface area contributed by atoms with Crippen molar-refractivity contribution in [3.05, 3.63) is 71.6 Å². The number of nitrogens with one attached hydrogen (secondary N) is 1. The summed E-state index contributed by atoms with van der Waals surface area (Å²) in [5.74, 6) is 0. The standard InChI is InChI=1S/C18H22N2/c1-2-4-16(5-3-1)6-7-17-9-12-20(13-10-17)15-18-8-11-19-14-18/h1-5,8-9,11,14,19H,6-7,10,12-13,15H2. The normalized spacial score (nSPS) is 16.1. The van der Waals surface area contributed by atoms with Crippen LogP contribution in [0.5, 0.6) is 0 Å². The number of hydrogen-bond donors (Lipinski definition) is 1.